The van der Waals surface area contributed by atoms with Crippen molar-refractivity contribution in [2.45, 2.75) is 56.7 Å². The van der Waals surface area contributed by atoms with Crippen LogP contribution in [0.5, 0.6) is 0 Å². The summed E-state index contributed by atoms with van der Waals surface area (Å²) in [6.07, 6.45) is 6.53. The van der Waals surface area contributed by atoms with Crippen LogP contribution in [0.1, 0.15) is 45.4 Å². The Balaban J connectivity index is 1.98. The van der Waals surface area contributed by atoms with Crippen LogP contribution in [0.4, 0.5) is 0 Å². The van der Waals surface area contributed by atoms with E-state index in [0.717, 1.165) is 32.2 Å². The van der Waals surface area contributed by atoms with E-state index in [1.165, 1.54) is 12.8 Å². The molecule has 2 aliphatic rings. The summed E-state index contributed by atoms with van der Waals surface area (Å²) in [4.78, 5) is 0. The summed E-state index contributed by atoms with van der Waals surface area (Å²) in [5.41, 5.74) is 0. The van der Waals surface area contributed by atoms with Crippen molar-refractivity contribution in [3.05, 3.63) is 0 Å². The van der Waals surface area contributed by atoms with Crippen LogP contribution in [-0.4, -0.2) is 32.8 Å². The van der Waals surface area contributed by atoms with E-state index in [4.69, 9.17) is 0 Å². The Kier molecular flexibility index (Phi) is 4.44. The van der Waals surface area contributed by atoms with Crippen molar-refractivity contribution in [1.82, 2.24) is 10.0 Å². The molecule has 1 heterocycles. The van der Waals surface area contributed by atoms with E-state index in [1.807, 2.05) is 0 Å². The summed E-state index contributed by atoms with van der Waals surface area (Å²) in [7, 11) is -3.12. The summed E-state index contributed by atoms with van der Waals surface area (Å²) in [5, 5.41) is 2.90. The fourth-order valence-electron chi connectivity index (χ4n) is 2.87. The van der Waals surface area contributed by atoms with E-state index in [0.29, 0.717) is 12.5 Å². The molecule has 0 aromatic heterocycles. The number of hydrogen-bond donors (Lipinski definition) is 2. The normalized spacial score (nSPS) is 35.7. The molecule has 1 saturated carbocycles. The molecule has 100 valence electrons. The predicted molar refractivity (Wildman–Crippen MR) is 69.4 cm³/mol. The third kappa shape index (κ3) is 3.42. The standard InChI is InChI=1S/C12H24N2O2S/c1-10-5-3-2-4-6-12(10)14-17(15,16)11-7-8-13-9-11/h10-14H,2-9H2,1H3. The SMILES string of the molecule is CC1CCCCCC1NS(=O)(=O)C1CCNC1. The van der Waals surface area contributed by atoms with Crippen LogP contribution in [0.25, 0.3) is 0 Å². The quantitative estimate of drug-likeness (QED) is 0.751. The fraction of sp³-hybridized carbons (Fsp3) is 1.00. The second-order valence-corrected chi connectivity index (χ2v) is 7.49. The Morgan fingerprint density at radius 3 is 2.59 bits per heavy atom. The van der Waals surface area contributed by atoms with Crippen molar-refractivity contribution in [3.8, 4) is 0 Å². The van der Waals surface area contributed by atoms with Gasteiger partial charge in [0.25, 0.3) is 0 Å². The monoisotopic (exact) mass is 260 g/mol. The summed E-state index contributed by atoms with van der Waals surface area (Å²) in [6.45, 7) is 3.60. The lowest BCUT2D eigenvalue weighted by Crippen LogP contribution is -2.44. The van der Waals surface area contributed by atoms with Crippen LogP contribution < -0.4 is 10.0 Å². The molecule has 1 aliphatic carbocycles. The Hall–Kier alpha value is -0.130. The van der Waals surface area contributed by atoms with Crippen LogP contribution in [0, 0.1) is 5.92 Å². The summed E-state index contributed by atoms with van der Waals surface area (Å²) in [5.74, 6) is 0.474. The lowest BCUT2D eigenvalue weighted by molar-refractivity contribution is 0.397. The molecular formula is C12H24N2O2S. The van der Waals surface area contributed by atoms with Gasteiger partial charge in [-0.3, -0.25) is 0 Å². The summed E-state index contributed by atoms with van der Waals surface area (Å²) >= 11 is 0. The molecule has 3 unspecified atom stereocenters. The smallest absolute Gasteiger partial charge is 0.216 e. The first kappa shape index (κ1) is 13.3. The molecule has 0 aromatic carbocycles. The van der Waals surface area contributed by atoms with Crippen molar-refractivity contribution < 1.29 is 8.42 Å². The van der Waals surface area contributed by atoms with Gasteiger partial charge in [0, 0.05) is 12.6 Å². The van der Waals surface area contributed by atoms with Crippen LogP contribution in [0.15, 0.2) is 0 Å². The predicted octanol–water partition coefficient (Wildman–Crippen LogP) is 1.24. The average Bonchev–Trinajstić information content (AvgIpc) is 2.74. The zero-order valence-corrected chi connectivity index (χ0v) is 11.4. The van der Waals surface area contributed by atoms with Gasteiger partial charge < -0.3 is 5.32 Å². The molecule has 2 rings (SSSR count). The van der Waals surface area contributed by atoms with Gasteiger partial charge in [-0.05, 0) is 31.7 Å². The third-order valence-electron chi connectivity index (χ3n) is 4.13. The van der Waals surface area contributed by atoms with Crippen LogP contribution in [-0.2, 0) is 10.0 Å². The Morgan fingerprint density at radius 2 is 1.88 bits per heavy atom. The molecule has 5 heteroatoms. The van der Waals surface area contributed by atoms with Crippen molar-refractivity contribution >= 4 is 10.0 Å². The first-order valence-corrected chi connectivity index (χ1v) is 8.36. The van der Waals surface area contributed by atoms with Gasteiger partial charge in [-0.1, -0.05) is 26.2 Å². The van der Waals surface area contributed by atoms with Gasteiger partial charge in [0.1, 0.15) is 0 Å². The topological polar surface area (TPSA) is 58.2 Å². The molecule has 0 spiro atoms. The van der Waals surface area contributed by atoms with Crippen LogP contribution in [0.3, 0.4) is 0 Å². The van der Waals surface area contributed by atoms with Crippen LogP contribution in [0.2, 0.25) is 0 Å². The van der Waals surface area contributed by atoms with Gasteiger partial charge in [-0.15, -0.1) is 0 Å². The van der Waals surface area contributed by atoms with Crippen molar-refractivity contribution in [1.29, 1.82) is 0 Å². The minimum Gasteiger partial charge on any atom is -0.315 e. The summed E-state index contributed by atoms with van der Waals surface area (Å²) in [6, 6.07) is 0.156. The van der Waals surface area contributed by atoms with Gasteiger partial charge in [0.05, 0.1) is 5.25 Å². The fourth-order valence-corrected chi connectivity index (χ4v) is 4.60. The molecule has 0 amide bonds. The zero-order valence-electron chi connectivity index (χ0n) is 10.6. The lowest BCUT2D eigenvalue weighted by Gasteiger charge is -2.24. The molecule has 1 aliphatic heterocycles. The number of hydrogen-bond acceptors (Lipinski definition) is 3. The zero-order chi connectivity index (χ0) is 12.3. The number of sulfonamides is 1. The van der Waals surface area contributed by atoms with E-state index in [2.05, 4.69) is 17.0 Å². The van der Waals surface area contributed by atoms with Crippen molar-refractivity contribution in [3.63, 3.8) is 0 Å². The molecule has 2 fully saturated rings. The second-order valence-electron chi connectivity index (χ2n) is 5.50. The third-order valence-corrected chi connectivity index (χ3v) is 6.04. The number of nitrogens with one attached hydrogen (secondary N) is 2. The van der Waals surface area contributed by atoms with Gasteiger partial charge >= 0.3 is 0 Å². The highest BCUT2D eigenvalue weighted by molar-refractivity contribution is 7.90. The number of rotatable bonds is 3. The van der Waals surface area contributed by atoms with Crippen molar-refractivity contribution in [2.24, 2.45) is 5.92 Å². The van der Waals surface area contributed by atoms with E-state index < -0.39 is 10.0 Å². The molecule has 0 radical (unpaired) electrons. The maximum atomic E-state index is 12.2. The van der Waals surface area contributed by atoms with E-state index in [1.54, 1.807) is 0 Å². The average molecular weight is 260 g/mol. The molecule has 4 nitrogen and oxygen atoms in total. The molecule has 2 N–H and O–H groups in total. The van der Waals surface area contributed by atoms with E-state index in [-0.39, 0.29) is 11.3 Å². The molecule has 17 heavy (non-hydrogen) atoms. The highest BCUT2D eigenvalue weighted by Gasteiger charge is 2.32. The van der Waals surface area contributed by atoms with Gasteiger partial charge in [-0.25, -0.2) is 13.1 Å². The van der Waals surface area contributed by atoms with Gasteiger partial charge in [-0.2, -0.15) is 0 Å². The first-order valence-electron chi connectivity index (χ1n) is 6.81. The maximum absolute atomic E-state index is 12.2. The maximum Gasteiger partial charge on any atom is 0.216 e. The highest BCUT2D eigenvalue weighted by Crippen LogP contribution is 2.24. The molecule has 0 aromatic rings. The molecular weight excluding hydrogens is 236 g/mol. The lowest BCUT2D eigenvalue weighted by atomic mass is 9.98. The molecule has 1 saturated heterocycles. The Morgan fingerprint density at radius 1 is 1.12 bits per heavy atom. The molecule has 0 bridgehead atoms. The Bertz CT molecular complexity index is 336. The largest absolute Gasteiger partial charge is 0.315 e. The minimum atomic E-state index is -3.12. The van der Waals surface area contributed by atoms with Crippen LogP contribution >= 0.6 is 0 Å². The minimum absolute atomic E-state index is 0.156. The van der Waals surface area contributed by atoms with Gasteiger partial charge in [0.2, 0.25) is 10.0 Å². The second kappa shape index (κ2) is 5.67. The molecule has 3 atom stereocenters. The van der Waals surface area contributed by atoms with Crippen molar-refractivity contribution in [2.75, 3.05) is 13.1 Å². The van der Waals surface area contributed by atoms with E-state index in [9.17, 15) is 8.42 Å². The highest BCUT2D eigenvalue weighted by atomic mass is 32.2. The Labute approximate surface area is 105 Å². The first-order chi connectivity index (χ1) is 8.09. The summed E-state index contributed by atoms with van der Waals surface area (Å²) < 4.78 is 27.4. The van der Waals surface area contributed by atoms with E-state index >= 15 is 0 Å². The van der Waals surface area contributed by atoms with Gasteiger partial charge in [0.15, 0.2) is 0 Å².